The fourth-order valence-electron chi connectivity index (χ4n) is 2.18. The second-order valence-corrected chi connectivity index (χ2v) is 5.08. The lowest BCUT2D eigenvalue weighted by Gasteiger charge is -2.27. The molecule has 0 spiro atoms. The van der Waals surface area contributed by atoms with E-state index in [2.05, 4.69) is 6.92 Å². The lowest BCUT2D eigenvalue weighted by atomic mass is 10.1. The number of nitrogens with zero attached hydrogens (tertiary/aromatic N) is 1. The average Bonchev–Trinajstić information content (AvgIpc) is 3.10. The topological polar surface area (TPSA) is 23.5 Å². The SMILES string of the molecule is CC(C1CC1)N(C)c1ccc([C@@H](C)O)cc1F. The summed E-state index contributed by atoms with van der Waals surface area (Å²) in [5.74, 6) is 0.453. The zero-order valence-electron chi connectivity index (χ0n) is 10.7. The lowest BCUT2D eigenvalue weighted by Crippen LogP contribution is -2.31. The third kappa shape index (κ3) is 2.60. The number of anilines is 1. The van der Waals surface area contributed by atoms with Crippen molar-refractivity contribution >= 4 is 5.69 Å². The second kappa shape index (κ2) is 4.65. The molecule has 0 saturated heterocycles. The third-order valence-corrected chi connectivity index (χ3v) is 3.75. The molecule has 1 N–H and O–H groups in total. The summed E-state index contributed by atoms with van der Waals surface area (Å²) in [7, 11) is 1.93. The molecule has 0 bridgehead atoms. The average molecular weight is 237 g/mol. The number of hydrogen-bond acceptors (Lipinski definition) is 2. The molecule has 2 nitrogen and oxygen atoms in total. The first kappa shape index (κ1) is 12.4. The van der Waals surface area contributed by atoms with E-state index in [4.69, 9.17) is 0 Å². The molecule has 17 heavy (non-hydrogen) atoms. The van der Waals surface area contributed by atoms with Crippen LogP contribution < -0.4 is 4.90 Å². The third-order valence-electron chi connectivity index (χ3n) is 3.75. The van der Waals surface area contributed by atoms with Crippen molar-refractivity contribution in [1.82, 2.24) is 0 Å². The zero-order chi connectivity index (χ0) is 12.6. The molecule has 1 aliphatic rings. The summed E-state index contributed by atoms with van der Waals surface area (Å²) < 4.78 is 14.0. The van der Waals surface area contributed by atoms with Crippen molar-refractivity contribution in [2.75, 3.05) is 11.9 Å². The molecule has 0 aliphatic heterocycles. The molecule has 1 fully saturated rings. The van der Waals surface area contributed by atoms with Gasteiger partial charge in [0.1, 0.15) is 5.82 Å². The number of hydrogen-bond donors (Lipinski definition) is 1. The van der Waals surface area contributed by atoms with E-state index in [0.29, 0.717) is 23.2 Å². The van der Waals surface area contributed by atoms with Gasteiger partial charge in [-0.25, -0.2) is 4.39 Å². The van der Waals surface area contributed by atoms with Crippen LogP contribution in [-0.2, 0) is 0 Å². The fraction of sp³-hybridized carbons (Fsp3) is 0.571. The van der Waals surface area contributed by atoms with Crippen LogP contribution in [0.4, 0.5) is 10.1 Å². The Morgan fingerprint density at radius 1 is 1.35 bits per heavy atom. The van der Waals surface area contributed by atoms with E-state index in [1.807, 2.05) is 11.9 Å². The van der Waals surface area contributed by atoms with E-state index >= 15 is 0 Å². The molecule has 1 aromatic carbocycles. The number of benzene rings is 1. The highest BCUT2D eigenvalue weighted by Crippen LogP contribution is 2.37. The number of aliphatic hydroxyl groups is 1. The highest BCUT2D eigenvalue weighted by atomic mass is 19.1. The Balaban J connectivity index is 2.20. The van der Waals surface area contributed by atoms with Gasteiger partial charge >= 0.3 is 0 Å². The molecule has 0 radical (unpaired) electrons. The Morgan fingerprint density at radius 2 is 2.00 bits per heavy atom. The van der Waals surface area contributed by atoms with Crippen LogP contribution in [-0.4, -0.2) is 18.2 Å². The van der Waals surface area contributed by atoms with Gasteiger partial charge in [-0.05, 0) is 50.3 Å². The van der Waals surface area contributed by atoms with Crippen molar-refractivity contribution in [3.05, 3.63) is 29.6 Å². The van der Waals surface area contributed by atoms with Crippen LogP contribution in [0.5, 0.6) is 0 Å². The Labute approximate surface area is 102 Å². The molecule has 1 aromatic rings. The maximum atomic E-state index is 14.0. The van der Waals surface area contributed by atoms with Crippen LogP contribution in [0.1, 0.15) is 38.4 Å². The first-order valence-corrected chi connectivity index (χ1v) is 6.21. The van der Waals surface area contributed by atoms with E-state index in [1.165, 1.54) is 18.9 Å². The smallest absolute Gasteiger partial charge is 0.146 e. The molecule has 2 atom stereocenters. The van der Waals surface area contributed by atoms with Crippen LogP contribution in [0.15, 0.2) is 18.2 Å². The maximum absolute atomic E-state index is 14.0. The summed E-state index contributed by atoms with van der Waals surface area (Å²) >= 11 is 0. The molecular formula is C14H20FNO. The van der Waals surface area contributed by atoms with Gasteiger partial charge in [-0.15, -0.1) is 0 Å². The predicted octanol–water partition coefficient (Wildman–Crippen LogP) is 3.11. The van der Waals surface area contributed by atoms with Crippen molar-refractivity contribution in [3.63, 3.8) is 0 Å². The van der Waals surface area contributed by atoms with Crippen LogP contribution in [0.2, 0.25) is 0 Å². The first-order chi connectivity index (χ1) is 8.00. The van der Waals surface area contributed by atoms with Gasteiger partial charge in [0.25, 0.3) is 0 Å². The van der Waals surface area contributed by atoms with Gasteiger partial charge in [-0.1, -0.05) is 6.07 Å². The van der Waals surface area contributed by atoms with E-state index in [0.717, 1.165) is 0 Å². The number of halogens is 1. The largest absolute Gasteiger partial charge is 0.389 e. The molecule has 0 amide bonds. The van der Waals surface area contributed by atoms with Gasteiger partial charge in [-0.2, -0.15) is 0 Å². The summed E-state index contributed by atoms with van der Waals surface area (Å²) in [6.07, 6.45) is 1.88. The monoisotopic (exact) mass is 237 g/mol. The first-order valence-electron chi connectivity index (χ1n) is 6.21. The Hall–Kier alpha value is -1.09. The Kier molecular flexibility index (Phi) is 3.38. The molecule has 0 heterocycles. The van der Waals surface area contributed by atoms with E-state index in [9.17, 15) is 9.50 Å². The quantitative estimate of drug-likeness (QED) is 0.869. The van der Waals surface area contributed by atoms with Gasteiger partial charge in [0.15, 0.2) is 0 Å². The molecule has 1 unspecified atom stereocenters. The van der Waals surface area contributed by atoms with Crippen molar-refractivity contribution in [3.8, 4) is 0 Å². The highest BCUT2D eigenvalue weighted by molar-refractivity contribution is 5.49. The van der Waals surface area contributed by atoms with Gasteiger partial charge in [0.05, 0.1) is 11.8 Å². The van der Waals surface area contributed by atoms with E-state index in [-0.39, 0.29) is 5.82 Å². The normalized spacial score (nSPS) is 18.9. The summed E-state index contributed by atoms with van der Waals surface area (Å²) in [5.41, 5.74) is 1.24. The van der Waals surface area contributed by atoms with Crippen LogP contribution in [0.25, 0.3) is 0 Å². The van der Waals surface area contributed by atoms with Crippen molar-refractivity contribution in [2.24, 2.45) is 5.92 Å². The molecule has 3 heteroatoms. The summed E-state index contributed by atoms with van der Waals surface area (Å²) in [4.78, 5) is 2.00. The Morgan fingerprint density at radius 3 is 2.47 bits per heavy atom. The van der Waals surface area contributed by atoms with Crippen molar-refractivity contribution < 1.29 is 9.50 Å². The minimum Gasteiger partial charge on any atom is -0.389 e. The van der Waals surface area contributed by atoms with Crippen molar-refractivity contribution in [2.45, 2.75) is 38.8 Å². The minimum atomic E-state index is -0.621. The Bertz CT molecular complexity index is 401. The fourth-order valence-corrected chi connectivity index (χ4v) is 2.18. The summed E-state index contributed by atoms with van der Waals surface area (Å²) in [6, 6.07) is 5.35. The van der Waals surface area contributed by atoms with Gasteiger partial charge in [-0.3, -0.25) is 0 Å². The van der Waals surface area contributed by atoms with Gasteiger partial charge < -0.3 is 10.0 Å². The minimum absolute atomic E-state index is 0.251. The van der Waals surface area contributed by atoms with Crippen LogP contribution >= 0.6 is 0 Å². The summed E-state index contributed by atoms with van der Waals surface area (Å²) in [6.45, 7) is 3.78. The molecule has 94 valence electrons. The molecule has 2 rings (SSSR count). The number of rotatable bonds is 4. The van der Waals surface area contributed by atoms with Crippen LogP contribution in [0.3, 0.4) is 0 Å². The van der Waals surface area contributed by atoms with Crippen molar-refractivity contribution in [1.29, 1.82) is 0 Å². The molecule has 0 aromatic heterocycles. The second-order valence-electron chi connectivity index (χ2n) is 5.08. The van der Waals surface area contributed by atoms with Crippen LogP contribution in [0, 0.1) is 11.7 Å². The van der Waals surface area contributed by atoms with E-state index in [1.54, 1.807) is 19.1 Å². The highest BCUT2D eigenvalue weighted by Gasteiger charge is 2.31. The standard InChI is InChI=1S/C14H20FNO/c1-9(11-4-5-11)16(3)14-7-6-12(10(2)17)8-13(14)15/h6-11,17H,4-5H2,1-3H3/t9?,10-/m1/s1. The van der Waals surface area contributed by atoms with Gasteiger partial charge in [0, 0.05) is 13.1 Å². The molecule has 1 aliphatic carbocycles. The van der Waals surface area contributed by atoms with Gasteiger partial charge in [0.2, 0.25) is 0 Å². The maximum Gasteiger partial charge on any atom is 0.146 e. The zero-order valence-corrected chi connectivity index (χ0v) is 10.7. The lowest BCUT2D eigenvalue weighted by molar-refractivity contribution is 0.199. The predicted molar refractivity (Wildman–Crippen MR) is 67.6 cm³/mol. The summed E-state index contributed by atoms with van der Waals surface area (Å²) in [5, 5.41) is 9.40. The molecular weight excluding hydrogens is 217 g/mol. The number of aliphatic hydroxyl groups excluding tert-OH is 1. The molecule has 1 saturated carbocycles. The van der Waals surface area contributed by atoms with E-state index < -0.39 is 6.10 Å².